The Labute approximate surface area is 195 Å². The third kappa shape index (κ3) is 39.3. The van der Waals surface area contributed by atoms with E-state index in [1.54, 1.807) is 47.6 Å². The Morgan fingerprint density at radius 3 is 0.833 bits per heavy atom. The summed E-state index contributed by atoms with van der Waals surface area (Å²) in [5.74, 6) is 0. The molecule has 0 spiro atoms. The average molecular weight is 534 g/mol. The second-order valence-electron chi connectivity index (χ2n) is 4.03. The van der Waals surface area contributed by atoms with Crippen LogP contribution in [0.1, 0.15) is 41.5 Å². The van der Waals surface area contributed by atoms with Crippen molar-refractivity contribution in [3.05, 3.63) is 30.3 Å². The molecule has 0 bridgehead atoms. The molecule has 0 unspecified atom stereocenters. The molecular formula is C17H34CoO9P3-2. The minimum Gasteiger partial charge on any atom is -0.999 e. The molecular weight excluding hydrogens is 500 g/mol. The summed E-state index contributed by atoms with van der Waals surface area (Å²) in [4.78, 5) is 31.2. The number of rotatable bonds is 12. The van der Waals surface area contributed by atoms with E-state index in [0.717, 1.165) is 0 Å². The molecule has 0 fully saturated rings. The molecule has 13 heteroatoms. The van der Waals surface area contributed by atoms with Crippen LogP contribution in [0, 0.1) is 24.3 Å². The minimum absolute atomic E-state index is 0. The first kappa shape index (κ1) is 38.1. The Hall–Kier alpha value is 0.786. The molecule has 0 radical (unpaired) electrons. The van der Waals surface area contributed by atoms with Crippen LogP contribution in [0.5, 0.6) is 0 Å². The molecule has 1 aromatic rings. The van der Waals surface area contributed by atoms with Gasteiger partial charge in [-0.3, -0.25) is 0 Å². The molecule has 30 heavy (non-hydrogen) atoms. The quantitative estimate of drug-likeness (QED) is 0.291. The second-order valence-corrected chi connectivity index (χ2v) is 7.26. The van der Waals surface area contributed by atoms with Crippen LogP contribution in [-0.4, -0.2) is 39.6 Å². The van der Waals surface area contributed by atoms with Crippen LogP contribution in [0.15, 0.2) is 6.07 Å². The molecule has 0 saturated heterocycles. The molecule has 0 aliphatic heterocycles. The summed E-state index contributed by atoms with van der Waals surface area (Å²) in [6, 6.07) is 12.0. The molecule has 1 rings (SSSR count). The summed E-state index contributed by atoms with van der Waals surface area (Å²) in [5, 5.41) is 0. The summed E-state index contributed by atoms with van der Waals surface area (Å²) in [5.41, 5.74) is 0. The Bertz CT molecular complexity index is 300. The van der Waals surface area contributed by atoms with Gasteiger partial charge in [-0.15, -0.1) is 0 Å². The van der Waals surface area contributed by atoms with Crippen LogP contribution in [0.2, 0.25) is 0 Å². The molecule has 0 atom stereocenters. The van der Waals surface area contributed by atoms with Crippen LogP contribution in [0.3, 0.4) is 0 Å². The van der Waals surface area contributed by atoms with Crippen molar-refractivity contribution in [1.82, 2.24) is 0 Å². The molecule has 0 amide bonds. The molecule has 182 valence electrons. The van der Waals surface area contributed by atoms with E-state index in [-0.39, 0.29) is 16.8 Å². The van der Waals surface area contributed by atoms with E-state index in [0.29, 0.717) is 39.6 Å². The number of hydrogen-bond acceptors (Lipinski definition) is 9. The van der Waals surface area contributed by atoms with Crippen molar-refractivity contribution in [3.8, 4) is 0 Å². The van der Waals surface area contributed by atoms with Gasteiger partial charge >= 0.3 is 16.8 Å². The predicted molar refractivity (Wildman–Crippen MR) is 112 cm³/mol. The van der Waals surface area contributed by atoms with Crippen LogP contribution in [0.4, 0.5) is 0 Å². The fourth-order valence-electron chi connectivity index (χ4n) is 1.01. The molecule has 0 N–H and O–H groups in total. The second kappa shape index (κ2) is 34.4. The third-order valence-electron chi connectivity index (χ3n) is 1.92. The molecule has 0 aliphatic rings. The van der Waals surface area contributed by atoms with Crippen molar-refractivity contribution < 1.29 is 58.6 Å². The van der Waals surface area contributed by atoms with Crippen LogP contribution >= 0.6 is 25.8 Å². The topological polar surface area (TPSA) is 125 Å². The minimum atomic E-state index is -2.14. The van der Waals surface area contributed by atoms with Gasteiger partial charge in [0, 0.05) is 0 Å². The van der Waals surface area contributed by atoms with Crippen molar-refractivity contribution in [2.45, 2.75) is 41.5 Å². The summed E-state index contributed by atoms with van der Waals surface area (Å²) >= 11 is 0. The van der Waals surface area contributed by atoms with Gasteiger partial charge in [0.25, 0.3) is 0 Å². The fourth-order valence-corrected chi connectivity index (χ4v) is 2.68. The molecule has 1 aromatic carbocycles. The maximum absolute atomic E-state index is 10.4. The zero-order valence-corrected chi connectivity index (χ0v) is 22.4. The number of hydrogen-bond donors (Lipinski definition) is 0. The van der Waals surface area contributed by atoms with Crippen molar-refractivity contribution in [3.63, 3.8) is 0 Å². The predicted octanol–water partition coefficient (Wildman–Crippen LogP) is 1.74. The van der Waals surface area contributed by atoms with E-state index in [4.69, 9.17) is 0 Å². The van der Waals surface area contributed by atoms with Crippen LogP contribution in [0.25, 0.3) is 0 Å². The van der Waals surface area contributed by atoms with Crippen LogP contribution in [-0.2, 0) is 43.9 Å². The van der Waals surface area contributed by atoms with E-state index in [2.05, 4.69) is 51.4 Å². The summed E-state index contributed by atoms with van der Waals surface area (Å²) < 4.78 is 27.6. The van der Waals surface area contributed by atoms with Gasteiger partial charge in [-0.25, -0.2) is 27.1 Å². The maximum atomic E-state index is 10.4. The average Bonchev–Trinajstić information content (AvgIpc) is 3.24. The molecule has 0 saturated carbocycles. The van der Waals surface area contributed by atoms with E-state index < -0.39 is 25.8 Å². The zero-order valence-electron chi connectivity index (χ0n) is 18.3. The third-order valence-corrected chi connectivity index (χ3v) is 5.07. The molecule has 0 heterocycles. The monoisotopic (exact) mass is 534 g/mol. The standard InChI is InChI=1S/C5H.3C4H11O3P.Co/c1-2-4-5-3-1;3*1-3-6-8(5)7-4-2;/h1H;3*8H,3-4H2,1-2H3;/q-5;;;;+3. The normalized spacial score (nSPS) is 9.73. The summed E-state index contributed by atoms with van der Waals surface area (Å²) in [7, 11) is -6.42. The van der Waals surface area contributed by atoms with Crippen molar-refractivity contribution in [1.29, 1.82) is 0 Å². The maximum Gasteiger partial charge on any atom is 3.00 e. The van der Waals surface area contributed by atoms with Gasteiger partial charge in [0.1, 0.15) is 0 Å². The summed E-state index contributed by atoms with van der Waals surface area (Å²) in [6.07, 6.45) is 0. The van der Waals surface area contributed by atoms with E-state index in [1.165, 1.54) is 0 Å². The van der Waals surface area contributed by atoms with Gasteiger partial charge in [-0.1, -0.05) is 0 Å². The van der Waals surface area contributed by atoms with Gasteiger partial charge in [0.2, 0.25) is 25.8 Å². The Balaban J connectivity index is -0.000000150. The van der Waals surface area contributed by atoms with Gasteiger partial charge < -0.3 is 45.0 Å². The molecule has 9 nitrogen and oxygen atoms in total. The van der Waals surface area contributed by atoms with Gasteiger partial charge in [-0.2, -0.15) is 0 Å². The van der Waals surface area contributed by atoms with Crippen LogP contribution < -0.4 is 14.7 Å². The SMILES string of the molecule is CCO[PH+]([O-])OCC.CCO[PH+]([O-])OCC.CCO[PH+]([O-])OCC.[Co+3].[c-]1[c-][c-][cH-][c-]1. The Morgan fingerprint density at radius 1 is 0.533 bits per heavy atom. The summed E-state index contributed by atoms with van der Waals surface area (Å²) in [6.45, 7) is 13.4. The van der Waals surface area contributed by atoms with Gasteiger partial charge in [0.15, 0.2) is 0 Å². The first-order valence-electron chi connectivity index (χ1n) is 9.14. The van der Waals surface area contributed by atoms with Gasteiger partial charge in [0.05, 0.1) is 39.6 Å². The smallest absolute Gasteiger partial charge is 0.999 e. The molecule has 0 aromatic heterocycles. The van der Waals surface area contributed by atoms with Crippen molar-refractivity contribution in [2.24, 2.45) is 0 Å². The molecule has 0 aliphatic carbocycles. The van der Waals surface area contributed by atoms with Gasteiger partial charge in [-0.05, 0) is 41.5 Å². The van der Waals surface area contributed by atoms with E-state index in [9.17, 15) is 14.7 Å². The zero-order chi connectivity index (χ0) is 22.8. The first-order valence-corrected chi connectivity index (χ1v) is 12.8. The van der Waals surface area contributed by atoms with Crippen molar-refractivity contribution in [2.75, 3.05) is 39.6 Å². The first-order chi connectivity index (χ1) is 13.9. The Morgan fingerprint density at radius 2 is 0.733 bits per heavy atom. The van der Waals surface area contributed by atoms with Crippen molar-refractivity contribution >= 4 is 25.8 Å². The van der Waals surface area contributed by atoms with E-state index >= 15 is 0 Å². The fraction of sp³-hybridized carbons (Fsp3) is 0.706. The largest absolute Gasteiger partial charge is 3.00 e. The Kier molecular flexibility index (Phi) is 43.7. The van der Waals surface area contributed by atoms with E-state index in [1.807, 2.05) is 0 Å².